The van der Waals surface area contributed by atoms with E-state index in [0.29, 0.717) is 36.4 Å². The van der Waals surface area contributed by atoms with Gasteiger partial charge in [-0.3, -0.25) is 14.4 Å². The molecule has 0 unspecified atom stereocenters. The summed E-state index contributed by atoms with van der Waals surface area (Å²) in [4.78, 5) is 38.2. The third-order valence-electron chi connectivity index (χ3n) is 4.60. The topological polar surface area (TPSA) is 90.5 Å². The Morgan fingerprint density at radius 2 is 1.37 bits per heavy atom. The Hall–Kier alpha value is -3.35. The molecule has 0 aromatic heterocycles. The van der Waals surface area contributed by atoms with Gasteiger partial charge in [-0.25, -0.2) is 0 Å². The highest BCUT2D eigenvalue weighted by molar-refractivity contribution is 5.97. The van der Waals surface area contributed by atoms with E-state index in [-0.39, 0.29) is 24.3 Å². The number of rotatable bonds is 10. The number of carbonyl (C=O) groups excluding carboxylic acids is 3. The summed E-state index contributed by atoms with van der Waals surface area (Å²) >= 11 is 0. The van der Waals surface area contributed by atoms with Crippen molar-refractivity contribution in [1.29, 1.82) is 0 Å². The van der Waals surface area contributed by atoms with E-state index in [1.165, 1.54) is 0 Å². The van der Waals surface area contributed by atoms with E-state index in [9.17, 15) is 14.4 Å². The number of nitrogens with one attached hydrogen (secondary N) is 3. The van der Waals surface area contributed by atoms with Crippen LogP contribution in [0.4, 0.5) is 11.4 Å². The van der Waals surface area contributed by atoms with Gasteiger partial charge < -0.3 is 20.9 Å². The van der Waals surface area contributed by atoms with Gasteiger partial charge in [0.25, 0.3) is 11.8 Å². The molecule has 0 saturated carbocycles. The molecular weight excluding hydrogens is 380 g/mol. The van der Waals surface area contributed by atoms with Crippen molar-refractivity contribution >= 4 is 29.1 Å². The van der Waals surface area contributed by atoms with Crippen LogP contribution < -0.4 is 16.0 Å². The second kappa shape index (κ2) is 11.6. The number of hydrogen-bond donors (Lipinski definition) is 3. The quantitative estimate of drug-likeness (QED) is 0.560. The predicted molar refractivity (Wildman–Crippen MR) is 120 cm³/mol. The number of anilines is 2. The molecular formula is C23H30N4O3. The molecule has 7 nitrogen and oxygen atoms in total. The fraction of sp³-hybridized carbons (Fsp3) is 0.348. The maximum Gasteiger partial charge on any atom is 0.253 e. The largest absolute Gasteiger partial charge is 0.376 e. The van der Waals surface area contributed by atoms with Gasteiger partial charge in [-0.1, -0.05) is 6.92 Å². The summed E-state index contributed by atoms with van der Waals surface area (Å²) in [5.41, 5.74) is 2.55. The summed E-state index contributed by atoms with van der Waals surface area (Å²) in [5, 5.41) is 8.64. The van der Waals surface area contributed by atoms with Crippen LogP contribution in [0.3, 0.4) is 0 Å². The zero-order valence-corrected chi connectivity index (χ0v) is 17.8. The molecule has 7 heteroatoms. The molecule has 30 heavy (non-hydrogen) atoms. The SMILES string of the molecule is CCCNC(=O)c1ccc(NC(=O)CNc2ccc(C(=O)N(CC)CC)cc2)cc1. The Bertz CT molecular complexity index is 844. The van der Waals surface area contributed by atoms with E-state index in [2.05, 4.69) is 16.0 Å². The molecule has 0 atom stereocenters. The van der Waals surface area contributed by atoms with Crippen molar-refractivity contribution in [3.8, 4) is 0 Å². The lowest BCUT2D eigenvalue weighted by Gasteiger charge is -2.18. The number of benzene rings is 2. The molecule has 0 saturated heterocycles. The first kappa shape index (κ1) is 22.9. The lowest BCUT2D eigenvalue weighted by atomic mass is 10.1. The van der Waals surface area contributed by atoms with Gasteiger partial charge in [0.05, 0.1) is 6.54 Å². The van der Waals surface area contributed by atoms with E-state index in [4.69, 9.17) is 0 Å². The highest BCUT2D eigenvalue weighted by atomic mass is 16.2. The van der Waals surface area contributed by atoms with Crippen LogP contribution in [0.15, 0.2) is 48.5 Å². The van der Waals surface area contributed by atoms with Crippen LogP contribution in [0.5, 0.6) is 0 Å². The van der Waals surface area contributed by atoms with Crippen LogP contribution in [0, 0.1) is 0 Å². The van der Waals surface area contributed by atoms with E-state index in [1.807, 2.05) is 20.8 Å². The molecule has 0 fully saturated rings. The van der Waals surface area contributed by atoms with Gasteiger partial charge in [0.2, 0.25) is 5.91 Å². The van der Waals surface area contributed by atoms with Crippen molar-refractivity contribution in [2.45, 2.75) is 27.2 Å². The summed E-state index contributed by atoms with van der Waals surface area (Å²) in [6, 6.07) is 13.8. The number of carbonyl (C=O) groups is 3. The Kier molecular flexibility index (Phi) is 8.87. The van der Waals surface area contributed by atoms with E-state index >= 15 is 0 Å². The molecule has 2 aromatic rings. The van der Waals surface area contributed by atoms with Gasteiger partial charge in [-0.05, 0) is 68.8 Å². The van der Waals surface area contributed by atoms with Gasteiger partial charge in [0.1, 0.15) is 0 Å². The van der Waals surface area contributed by atoms with Crippen LogP contribution in [-0.2, 0) is 4.79 Å². The normalized spacial score (nSPS) is 10.2. The Morgan fingerprint density at radius 1 is 0.800 bits per heavy atom. The van der Waals surface area contributed by atoms with E-state index < -0.39 is 0 Å². The summed E-state index contributed by atoms with van der Waals surface area (Å²) in [6.45, 7) is 7.94. The Balaban J connectivity index is 1.84. The summed E-state index contributed by atoms with van der Waals surface area (Å²) in [7, 11) is 0. The maximum atomic E-state index is 12.3. The standard InChI is InChI=1S/C23H30N4O3/c1-4-15-24-22(29)17-7-13-20(14-8-17)26-21(28)16-25-19-11-9-18(10-12-19)23(30)27(5-2)6-3/h7-14,25H,4-6,15-16H2,1-3H3,(H,24,29)(H,26,28). The monoisotopic (exact) mass is 410 g/mol. The van der Waals surface area contributed by atoms with Gasteiger partial charge in [-0.2, -0.15) is 0 Å². The Labute approximate surface area is 177 Å². The minimum absolute atomic E-state index is 0.00360. The van der Waals surface area contributed by atoms with Crippen LogP contribution in [-0.4, -0.2) is 48.8 Å². The third-order valence-corrected chi connectivity index (χ3v) is 4.60. The average Bonchev–Trinajstić information content (AvgIpc) is 2.77. The van der Waals surface area contributed by atoms with E-state index in [1.54, 1.807) is 53.4 Å². The first-order chi connectivity index (χ1) is 14.5. The van der Waals surface area contributed by atoms with Gasteiger partial charge in [0, 0.05) is 42.1 Å². The molecule has 0 aliphatic heterocycles. The second-order valence-corrected chi connectivity index (χ2v) is 6.79. The zero-order chi connectivity index (χ0) is 21.9. The first-order valence-electron chi connectivity index (χ1n) is 10.3. The zero-order valence-electron chi connectivity index (χ0n) is 17.8. The van der Waals surface area contributed by atoms with Crippen LogP contribution >= 0.6 is 0 Å². The molecule has 2 rings (SSSR count). The van der Waals surface area contributed by atoms with Gasteiger partial charge in [-0.15, -0.1) is 0 Å². The maximum absolute atomic E-state index is 12.3. The first-order valence-corrected chi connectivity index (χ1v) is 10.3. The molecule has 0 aliphatic rings. The molecule has 0 heterocycles. The van der Waals surface area contributed by atoms with Crippen molar-refractivity contribution in [1.82, 2.24) is 10.2 Å². The summed E-state index contributed by atoms with van der Waals surface area (Å²) in [5.74, 6) is -0.336. The Morgan fingerprint density at radius 3 is 1.93 bits per heavy atom. The molecule has 0 radical (unpaired) electrons. The highest BCUT2D eigenvalue weighted by Crippen LogP contribution is 2.13. The summed E-state index contributed by atoms with van der Waals surface area (Å²) in [6.07, 6.45) is 0.877. The average molecular weight is 411 g/mol. The van der Waals surface area contributed by atoms with Gasteiger partial charge >= 0.3 is 0 Å². The number of nitrogens with zero attached hydrogens (tertiary/aromatic N) is 1. The lowest BCUT2D eigenvalue weighted by Crippen LogP contribution is -2.30. The number of amides is 3. The molecule has 0 bridgehead atoms. The van der Waals surface area contributed by atoms with Gasteiger partial charge in [0.15, 0.2) is 0 Å². The van der Waals surface area contributed by atoms with Crippen molar-refractivity contribution in [3.05, 3.63) is 59.7 Å². The molecule has 0 aliphatic carbocycles. The minimum Gasteiger partial charge on any atom is -0.376 e. The minimum atomic E-state index is -0.207. The molecule has 160 valence electrons. The van der Waals surface area contributed by atoms with Crippen molar-refractivity contribution in [3.63, 3.8) is 0 Å². The smallest absolute Gasteiger partial charge is 0.253 e. The number of hydrogen-bond acceptors (Lipinski definition) is 4. The third kappa shape index (κ3) is 6.62. The molecule has 2 aromatic carbocycles. The van der Waals surface area contributed by atoms with Crippen LogP contribution in [0.25, 0.3) is 0 Å². The fourth-order valence-electron chi connectivity index (χ4n) is 2.86. The lowest BCUT2D eigenvalue weighted by molar-refractivity contribution is -0.114. The highest BCUT2D eigenvalue weighted by Gasteiger charge is 2.12. The van der Waals surface area contributed by atoms with Crippen molar-refractivity contribution in [2.75, 3.05) is 36.8 Å². The molecule has 3 amide bonds. The van der Waals surface area contributed by atoms with E-state index in [0.717, 1.165) is 12.1 Å². The fourth-order valence-corrected chi connectivity index (χ4v) is 2.86. The predicted octanol–water partition coefficient (Wildman–Crippen LogP) is 3.36. The molecule has 0 spiro atoms. The second-order valence-electron chi connectivity index (χ2n) is 6.79. The van der Waals surface area contributed by atoms with Crippen LogP contribution in [0.2, 0.25) is 0 Å². The van der Waals surface area contributed by atoms with Crippen molar-refractivity contribution < 1.29 is 14.4 Å². The van der Waals surface area contributed by atoms with Crippen LogP contribution in [0.1, 0.15) is 47.9 Å². The summed E-state index contributed by atoms with van der Waals surface area (Å²) < 4.78 is 0. The molecule has 3 N–H and O–H groups in total. The van der Waals surface area contributed by atoms with Crippen molar-refractivity contribution in [2.24, 2.45) is 0 Å².